The van der Waals surface area contributed by atoms with Crippen LogP contribution in [-0.2, 0) is 23.9 Å². The summed E-state index contributed by atoms with van der Waals surface area (Å²) >= 11 is 0. The lowest BCUT2D eigenvalue weighted by atomic mass is 9.97. The van der Waals surface area contributed by atoms with Crippen LogP contribution in [0.25, 0.3) is 0 Å². The number of rotatable bonds is 4. The zero-order valence-electron chi connectivity index (χ0n) is 15.4. The van der Waals surface area contributed by atoms with Crippen molar-refractivity contribution in [3.63, 3.8) is 0 Å². The van der Waals surface area contributed by atoms with Crippen LogP contribution in [0.4, 0.5) is 4.79 Å². The van der Waals surface area contributed by atoms with Gasteiger partial charge in [-0.1, -0.05) is 24.3 Å². The van der Waals surface area contributed by atoms with Crippen molar-refractivity contribution in [3.05, 3.63) is 53.3 Å². The van der Waals surface area contributed by atoms with Crippen LogP contribution in [0.1, 0.15) is 42.4 Å². The summed E-state index contributed by atoms with van der Waals surface area (Å²) in [6.07, 6.45) is 6.37. The van der Waals surface area contributed by atoms with Gasteiger partial charge in [0, 0.05) is 31.9 Å². The lowest BCUT2D eigenvalue weighted by Gasteiger charge is -2.40. The van der Waals surface area contributed by atoms with E-state index < -0.39 is 5.60 Å². The van der Waals surface area contributed by atoms with Gasteiger partial charge in [-0.3, -0.25) is 4.68 Å². The van der Waals surface area contributed by atoms with Gasteiger partial charge < -0.3 is 15.0 Å². The highest BCUT2D eigenvalue weighted by atomic mass is 16.5. The fourth-order valence-corrected chi connectivity index (χ4v) is 3.53. The normalized spacial score (nSPS) is 23.1. The molecule has 0 spiro atoms. The number of aryl methyl sites for hydroxylation is 1. The Morgan fingerprint density at radius 2 is 2.12 bits per heavy atom. The highest BCUT2D eigenvalue weighted by molar-refractivity contribution is 5.74. The Labute approximate surface area is 154 Å². The Kier molecular flexibility index (Phi) is 4.44. The van der Waals surface area contributed by atoms with E-state index in [1.807, 2.05) is 31.3 Å². The van der Waals surface area contributed by atoms with Crippen LogP contribution in [0.2, 0.25) is 0 Å². The number of ether oxygens (including phenoxy) is 1. The molecule has 2 fully saturated rings. The van der Waals surface area contributed by atoms with Gasteiger partial charge in [-0.15, -0.1) is 0 Å². The van der Waals surface area contributed by atoms with Crippen LogP contribution < -0.4 is 5.32 Å². The molecule has 6 heteroatoms. The van der Waals surface area contributed by atoms with E-state index in [0.29, 0.717) is 26.2 Å². The third-order valence-corrected chi connectivity index (χ3v) is 5.35. The Morgan fingerprint density at radius 3 is 2.77 bits per heavy atom. The molecule has 138 valence electrons. The summed E-state index contributed by atoms with van der Waals surface area (Å²) in [7, 11) is 1.88. The van der Waals surface area contributed by atoms with Crippen molar-refractivity contribution >= 4 is 6.03 Å². The molecular formula is C20H26N4O2. The molecule has 1 aromatic carbocycles. The molecule has 1 aromatic heterocycles. The first-order valence-electron chi connectivity index (χ1n) is 9.28. The molecule has 1 atom stereocenters. The molecule has 1 N–H and O–H groups in total. The van der Waals surface area contributed by atoms with E-state index >= 15 is 0 Å². The van der Waals surface area contributed by atoms with Crippen LogP contribution in [0.15, 0.2) is 36.7 Å². The van der Waals surface area contributed by atoms with Crippen molar-refractivity contribution in [1.82, 2.24) is 20.0 Å². The van der Waals surface area contributed by atoms with Gasteiger partial charge in [0.2, 0.25) is 0 Å². The second kappa shape index (κ2) is 6.76. The van der Waals surface area contributed by atoms with Crippen LogP contribution in [0.5, 0.6) is 0 Å². The third kappa shape index (κ3) is 3.60. The van der Waals surface area contributed by atoms with Gasteiger partial charge in [-0.2, -0.15) is 5.10 Å². The molecule has 4 rings (SSSR count). The Bertz CT molecular complexity index is 781. The van der Waals surface area contributed by atoms with Gasteiger partial charge in [0.25, 0.3) is 0 Å². The van der Waals surface area contributed by atoms with Crippen LogP contribution in [0, 0.1) is 0 Å². The maximum absolute atomic E-state index is 12.6. The molecule has 2 aromatic rings. The third-order valence-electron chi connectivity index (χ3n) is 5.35. The maximum Gasteiger partial charge on any atom is 0.317 e. The number of hydrogen-bond acceptors (Lipinski definition) is 3. The van der Waals surface area contributed by atoms with E-state index in [4.69, 9.17) is 4.74 Å². The molecule has 1 aliphatic heterocycles. The summed E-state index contributed by atoms with van der Waals surface area (Å²) in [5, 5.41) is 7.26. The Morgan fingerprint density at radius 1 is 1.35 bits per heavy atom. The lowest BCUT2D eigenvalue weighted by molar-refractivity contribution is -0.0907. The lowest BCUT2D eigenvalue weighted by Crippen LogP contribution is -2.53. The Balaban J connectivity index is 1.35. The number of hydrogen-bond donors (Lipinski definition) is 1. The zero-order valence-corrected chi connectivity index (χ0v) is 15.4. The highest BCUT2D eigenvalue weighted by Gasteiger charge is 2.36. The van der Waals surface area contributed by atoms with Gasteiger partial charge in [0.15, 0.2) is 0 Å². The van der Waals surface area contributed by atoms with Gasteiger partial charge in [-0.25, -0.2) is 4.79 Å². The first kappa shape index (κ1) is 17.1. The number of urea groups is 1. The molecular weight excluding hydrogens is 328 g/mol. The quantitative estimate of drug-likeness (QED) is 0.918. The van der Waals surface area contributed by atoms with E-state index in [2.05, 4.69) is 34.7 Å². The molecule has 26 heavy (non-hydrogen) atoms. The highest BCUT2D eigenvalue weighted by Crippen LogP contribution is 2.39. The van der Waals surface area contributed by atoms with Crippen LogP contribution >= 0.6 is 0 Å². The standard InChI is InChI=1S/C20H26N4O2/c1-20(18-12-22-23(2)13-18)14-24(9-10-26-20)19(25)21-11-15-3-5-16(6-4-15)17-7-8-17/h3-6,12-13,17H,7-11,14H2,1-2H3,(H,21,25)/t20-/m1/s1. The number of carbonyl (C=O) groups excluding carboxylic acids is 1. The monoisotopic (exact) mass is 354 g/mol. The number of benzene rings is 1. The minimum absolute atomic E-state index is 0.0466. The predicted molar refractivity (Wildman–Crippen MR) is 98.7 cm³/mol. The van der Waals surface area contributed by atoms with E-state index in [0.717, 1.165) is 17.0 Å². The SMILES string of the molecule is Cn1cc([C@@]2(C)CN(C(=O)NCc3ccc(C4CC4)cc3)CCO2)cn1. The van der Waals surface area contributed by atoms with E-state index in [-0.39, 0.29) is 6.03 Å². The van der Waals surface area contributed by atoms with Crippen molar-refractivity contribution in [3.8, 4) is 0 Å². The maximum atomic E-state index is 12.6. The average molecular weight is 354 g/mol. The molecule has 1 saturated carbocycles. The summed E-state index contributed by atoms with van der Waals surface area (Å²) < 4.78 is 7.73. The largest absolute Gasteiger partial charge is 0.367 e. The minimum atomic E-state index is -0.518. The van der Waals surface area contributed by atoms with Crippen molar-refractivity contribution in [2.24, 2.45) is 7.05 Å². The topological polar surface area (TPSA) is 59.4 Å². The molecule has 0 bridgehead atoms. The second-order valence-corrected chi connectivity index (χ2v) is 7.58. The molecule has 2 amide bonds. The second-order valence-electron chi connectivity index (χ2n) is 7.58. The molecule has 1 aliphatic carbocycles. The number of morpholine rings is 1. The number of aromatic nitrogens is 2. The molecule has 6 nitrogen and oxygen atoms in total. The molecule has 1 saturated heterocycles. The molecule has 2 aliphatic rings. The van der Waals surface area contributed by atoms with E-state index in [1.165, 1.54) is 18.4 Å². The first-order valence-corrected chi connectivity index (χ1v) is 9.28. The summed E-state index contributed by atoms with van der Waals surface area (Å²) in [5.74, 6) is 0.761. The molecule has 2 heterocycles. The summed E-state index contributed by atoms with van der Waals surface area (Å²) in [4.78, 5) is 14.4. The van der Waals surface area contributed by atoms with Gasteiger partial charge >= 0.3 is 6.03 Å². The first-order chi connectivity index (χ1) is 12.5. The number of nitrogens with zero attached hydrogens (tertiary/aromatic N) is 3. The molecule has 0 radical (unpaired) electrons. The van der Waals surface area contributed by atoms with E-state index in [1.54, 1.807) is 4.68 Å². The van der Waals surface area contributed by atoms with Gasteiger partial charge in [0.05, 0.1) is 19.3 Å². The minimum Gasteiger partial charge on any atom is -0.367 e. The summed E-state index contributed by atoms with van der Waals surface area (Å²) in [6, 6.07) is 8.57. The zero-order chi connectivity index (χ0) is 18.1. The Hall–Kier alpha value is -2.34. The van der Waals surface area contributed by atoms with Crippen LogP contribution in [0.3, 0.4) is 0 Å². The summed E-state index contributed by atoms with van der Waals surface area (Å²) in [5.41, 5.74) is 3.02. The fourth-order valence-electron chi connectivity index (χ4n) is 3.53. The number of carbonyl (C=O) groups is 1. The van der Waals surface area contributed by atoms with Gasteiger partial charge in [0.1, 0.15) is 5.60 Å². The number of nitrogens with one attached hydrogen (secondary N) is 1. The predicted octanol–water partition coefficient (Wildman–Crippen LogP) is 2.75. The van der Waals surface area contributed by atoms with Crippen LogP contribution in [-0.4, -0.2) is 40.4 Å². The van der Waals surface area contributed by atoms with E-state index in [9.17, 15) is 4.79 Å². The van der Waals surface area contributed by atoms with Crippen molar-refractivity contribution < 1.29 is 9.53 Å². The average Bonchev–Trinajstić information content (AvgIpc) is 3.40. The van der Waals surface area contributed by atoms with Crippen molar-refractivity contribution in [2.45, 2.75) is 37.8 Å². The van der Waals surface area contributed by atoms with Gasteiger partial charge in [-0.05, 0) is 36.8 Å². The van der Waals surface area contributed by atoms with Crippen molar-refractivity contribution in [1.29, 1.82) is 0 Å². The fraction of sp³-hybridized carbons (Fsp3) is 0.500. The number of amides is 2. The van der Waals surface area contributed by atoms with Crippen molar-refractivity contribution in [2.75, 3.05) is 19.7 Å². The smallest absolute Gasteiger partial charge is 0.317 e. The molecule has 0 unspecified atom stereocenters. The summed E-state index contributed by atoms with van der Waals surface area (Å²) in [6.45, 7) is 4.20.